The number of hydrogen-bond donors (Lipinski definition) is 2. The highest BCUT2D eigenvalue weighted by molar-refractivity contribution is 8.00. The molecule has 0 spiro atoms. The Morgan fingerprint density at radius 3 is 2.42 bits per heavy atom. The summed E-state index contributed by atoms with van der Waals surface area (Å²) in [7, 11) is 0. The number of urea groups is 1. The number of thioether (sulfide) groups is 1. The Labute approximate surface area is 113 Å². The molecule has 0 saturated carbocycles. The number of amides is 4. The second-order valence-electron chi connectivity index (χ2n) is 4.30. The third-order valence-electron chi connectivity index (χ3n) is 2.95. The summed E-state index contributed by atoms with van der Waals surface area (Å²) in [5, 5.41) is 10.9. The summed E-state index contributed by atoms with van der Waals surface area (Å²) >= 11 is 1.35. The molecule has 2 heterocycles. The molecule has 2 unspecified atom stereocenters. The van der Waals surface area contributed by atoms with Crippen molar-refractivity contribution in [3.05, 3.63) is 0 Å². The molecule has 2 fully saturated rings. The SMILES string of the molecule is CC1SCC(C(=O)O)N1C(=O)N1CC(=O)NC(=O)C1. The second kappa shape index (κ2) is 5.08. The number of rotatable bonds is 1. The molecule has 104 valence electrons. The molecular weight excluding hydrogens is 274 g/mol. The molecular formula is C10H13N3O5S. The van der Waals surface area contributed by atoms with Gasteiger partial charge in [0.15, 0.2) is 0 Å². The van der Waals surface area contributed by atoms with E-state index in [1.807, 2.05) is 0 Å². The topological polar surface area (TPSA) is 107 Å². The van der Waals surface area contributed by atoms with Gasteiger partial charge in [-0.05, 0) is 6.92 Å². The first-order chi connectivity index (χ1) is 8.90. The molecule has 2 saturated heterocycles. The van der Waals surface area contributed by atoms with Crippen LogP contribution in [0, 0.1) is 0 Å². The number of nitrogens with zero attached hydrogens (tertiary/aromatic N) is 2. The van der Waals surface area contributed by atoms with Crippen LogP contribution >= 0.6 is 11.8 Å². The van der Waals surface area contributed by atoms with E-state index < -0.39 is 29.9 Å². The maximum absolute atomic E-state index is 12.3. The van der Waals surface area contributed by atoms with Crippen LogP contribution in [0.4, 0.5) is 4.79 Å². The molecule has 2 aliphatic rings. The predicted octanol–water partition coefficient (Wildman–Crippen LogP) is -1.09. The van der Waals surface area contributed by atoms with E-state index >= 15 is 0 Å². The molecule has 9 heteroatoms. The second-order valence-corrected chi connectivity index (χ2v) is 5.65. The molecule has 2 rings (SSSR count). The fourth-order valence-corrected chi connectivity index (χ4v) is 3.22. The Hall–Kier alpha value is -1.77. The normalized spacial score (nSPS) is 27.4. The maximum Gasteiger partial charge on any atom is 0.327 e. The van der Waals surface area contributed by atoms with E-state index in [2.05, 4.69) is 5.32 Å². The van der Waals surface area contributed by atoms with Gasteiger partial charge in [-0.25, -0.2) is 9.59 Å². The summed E-state index contributed by atoms with van der Waals surface area (Å²) in [6.45, 7) is 1.26. The molecule has 0 aromatic rings. The first-order valence-corrected chi connectivity index (χ1v) is 6.69. The van der Waals surface area contributed by atoms with Crippen LogP contribution in [0.1, 0.15) is 6.92 Å². The van der Waals surface area contributed by atoms with Crippen molar-refractivity contribution in [2.24, 2.45) is 0 Å². The average molecular weight is 287 g/mol. The number of piperazine rings is 1. The third-order valence-corrected chi connectivity index (χ3v) is 4.16. The summed E-state index contributed by atoms with van der Waals surface area (Å²) in [5.41, 5.74) is 0. The highest BCUT2D eigenvalue weighted by atomic mass is 32.2. The largest absolute Gasteiger partial charge is 0.480 e. The van der Waals surface area contributed by atoms with Gasteiger partial charge in [-0.1, -0.05) is 0 Å². The van der Waals surface area contributed by atoms with Gasteiger partial charge in [0, 0.05) is 5.75 Å². The van der Waals surface area contributed by atoms with Crippen LogP contribution in [0.25, 0.3) is 0 Å². The standard InChI is InChI=1S/C10H13N3O5S/c1-5-13(6(4-19-5)9(16)17)10(18)12-2-7(14)11-8(15)3-12/h5-6H,2-4H2,1H3,(H,16,17)(H,11,14,15). The quantitative estimate of drug-likeness (QED) is 0.594. The summed E-state index contributed by atoms with van der Waals surface area (Å²) < 4.78 is 0. The van der Waals surface area contributed by atoms with Gasteiger partial charge in [-0.15, -0.1) is 11.8 Å². The number of carboxylic acid groups (broad SMARTS) is 1. The van der Waals surface area contributed by atoms with Gasteiger partial charge >= 0.3 is 12.0 Å². The lowest BCUT2D eigenvalue weighted by molar-refractivity contribution is -0.141. The fourth-order valence-electron chi connectivity index (χ4n) is 2.06. The first kappa shape index (κ1) is 13.7. The Kier molecular flexibility index (Phi) is 3.65. The van der Waals surface area contributed by atoms with Crippen molar-refractivity contribution in [3.8, 4) is 0 Å². The van der Waals surface area contributed by atoms with Crippen LogP contribution in [-0.2, 0) is 14.4 Å². The monoisotopic (exact) mass is 287 g/mol. The average Bonchev–Trinajstić information content (AvgIpc) is 2.69. The van der Waals surface area contributed by atoms with Crippen molar-refractivity contribution in [1.29, 1.82) is 0 Å². The Bertz CT molecular complexity index is 438. The van der Waals surface area contributed by atoms with E-state index in [0.29, 0.717) is 5.75 Å². The number of carbonyl (C=O) groups is 4. The van der Waals surface area contributed by atoms with Gasteiger partial charge in [0.2, 0.25) is 11.8 Å². The van der Waals surface area contributed by atoms with Crippen molar-refractivity contribution < 1.29 is 24.3 Å². The number of nitrogens with one attached hydrogen (secondary N) is 1. The third kappa shape index (κ3) is 2.65. The van der Waals surface area contributed by atoms with Crippen molar-refractivity contribution in [2.75, 3.05) is 18.8 Å². The van der Waals surface area contributed by atoms with Gasteiger partial charge in [0.05, 0.1) is 5.37 Å². The molecule has 2 aliphatic heterocycles. The number of carbonyl (C=O) groups excluding carboxylic acids is 3. The molecule has 0 radical (unpaired) electrons. The zero-order valence-electron chi connectivity index (χ0n) is 10.2. The van der Waals surface area contributed by atoms with Crippen molar-refractivity contribution >= 4 is 35.6 Å². The molecule has 2 N–H and O–H groups in total. The first-order valence-electron chi connectivity index (χ1n) is 5.64. The van der Waals surface area contributed by atoms with Gasteiger partial charge in [0.1, 0.15) is 19.1 Å². The molecule has 19 heavy (non-hydrogen) atoms. The lowest BCUT2D eigenvalue weighted by Gasteiger charge is -2.33. The lowest BCUT2D eigenvalue weighted by Crippen LogP contribution is -2.59. The van der Waals surface area contributed by atoms with E-state index in [9.17, 15) is 19.2 Å². The smallest absolute Gasteiger partial charge is 0.327 e. The lowest BCUT2D eigenvalue weighted by atomic mass is 10.3. The molecule has 0 bridgehead atoms. The van der Waals surface area contributed by atoms with Gasteiger partial charge in [-0.2, -0.15) is 0 Å². The van der Waals surface area contributed by atoms with E-state index in [1.54, 1.807) is 6.92 Å². The fraction of sp³-hybridized carbons (Fsp3) is 0.600. The van der Waals surface area contributed by atoms with Crippen LogP contribution in [-0.4, -0.2) is 69.0 Å². The zero-order chi connectivity index (χ0) is 14.2. The van der Waals surface area contributed by atoms with Gasteiger partial charge < -0.3 is 10.0 Å². The molecule has 2 atom stereocenters. The minimum absolute atomic E-state index is 0.231. The van der Waals surface area contributed by atoms with Crippen LogP contribution in [0.3, 0.4) is 0 Å². The van der Waals surface area contributed by atoms with Crippen LogP contribution in [0.5, 0.6) is 0 Å². The Balaban J connectivity index is 2.15. The highest BCUT2D eigenvalue weighted by Crippen LogP contribution is 2.29. The van der Waals surface area contributed by atoms with Gasteiger partial charge in [0.25, 0.3) is 0 Å². The van der Waals surface area contributed by atoms with Crippen molar-refractivity contribution in [3.63, 3.8) is 0 Å². The summed E-state index contributed by atoms with van der Waals surface area (Å²) in [5.74, 6) is -1.90. The zero-order valence-corrected chi connectivity index (χ0v) is 11.0. The van der Waals surface area contributed by atoms with E-state index in [-0.39, 0.29) is 18.5 Å². The highest BCUT2D eigenvalue weighted by Gasteiger charge is 2.42. The van der Waals surface area contributed by atoms with Crippen LogP contribution in [0.15, 0.2) is 0 Å². The number of hydrogen-bond acceptors (Lipinski definition) is 5. The Morgan fingerprint density at radius 2 is 1.89 bits per heavy atom. The Morgan fingerprint density at radius 1 is 1.32 bits per heavy atom. The number of aliphatic carboxylic acids is 1. The molecule has 0 aliphatic carbocycles. The molecule has 8 nitrogen and oxygen atoms in total. The van der Waals surface area contributed by atoms with E-state index in [4.69, 9.17) is 5.11 Å². The van der Waals surface area contributed by atoms with Crippen molar-refractivity contribution in [2.45, 2.75) is 18.3 Å². The van der Waals surface area contributed by atoms with Crippen LogP contribution in [0.2, 0.25) is 0 Å². The molecule has 0 aromatic heterocycles. The summed E-state index contributed by atoms with van der Waals surface area (Å²) in [6.07, 6.45) is 0. The van der Waals surface area contributed by atoms with Crippen molar-refractivity contribution in [1.82, 2.24) is 15.1 Å². The number of imide groups is 1. The number of carboxylic acids is 1. The predicted molar refractivity (Wildman–Crippen MR) is 65.3 cm³/mol. The van der Waals surface area contributed by atoms with E-state index in [0.717, 1.165) is 4.90 Å². The minimum Gasteiger partial charge on any atom is -0.480 e. The summed E-state index contributed by atoms with van der Waals surface area (Å²) in [4.78, 5) is 48.1. The molecule has 0 aromatic carbocycles. The summed E-state index contributed by atoms with van der Waals surface area (Å²) in [6, 6.07) is -1.51. The molecule has 4 amide bonds. The maximum atomic E-state index is 12.3. The van der Waals surface area contributed by atoms with E-state index in [1.165, 1.54) is 16.7 Å². The van der Waals surface area contributed by atoms with Crippen LogP contribution < -0.4 is 5.32 Å². The minimum atomic E-state index is -1.09. The van der Waals surface area contributed by atoms with Gasteiger partial charge in [-0.3, -0.25) is 19.8 Å².